The van der Waals surface area contributed by atoms with Gasteiger partial charge in [-0.25, -0.2) is 9.59 Å². The average molecular weight is 812 g/mol. The predicted molar refractivity (Wildman–Crippen MR) is 211 cm³/mol. The molecule has 2 N–H and O–H groups in total. The zero-order chi connectivity index (χ0) is 40.1. The summed E-state index contributed by atoms with van der Waals surface area (Å²) in [7, 11) is 9.38. The van der Waals surface area contributed by atoms with Gasteiger partial charge in [-0.2, -0.15) is 0 Å². The fourth-order valence-corrected chi connectivity index (χ4v) is 9.06. The number of fused-ring (bicyclic) bond motifs is 5. The molecule has 3 aliphatic rings. The van der Waals surface area contributed by atoms with Crippen molar-refractivity contribution in [3.8, 4) is 5.75 Å². The van der Waals surface area contributed by atoms with Gasteiger partial charge in [0.15, 0.2) is 5.72 Å². The molecule has 13 nitrogen and oxygen atoms in total. The third kappa shape index (κ3) is 10.1. The number of anilines is 1. The molecule has 16 heteroatoms. The summed E-state index contributed by atoms with van der Waals surface area (Å²) >= 11 is 6.77. The summed E-state index contributed by atoms with van der Waals surface area (Å²) in [4.78, 5) is 56.7. The van der Waals surface area contributed by atoms with E-state index in [4.69, 9.17) is 35.3 Å². The van der Waals surface area contributed by atoms with Crippen LogP contribution in [0, 0.1) is 5.92 Å². The van der Waals surface area contributed by atoms with Crippen molar-refractivity contribution in [1.29, 1.82) is 0 Å². The Kier molecular flexibility index (Phi) is 14.9. The van der Waals surface area contributed by atoms with Crippen LogP contribution in [-0.2, 0) is 39.8 Å². The molecule has 9 atom stereocenters. The molecule has 0 radical (unpaired) electrons. The fraction of sp³-hybridized carbons (Fsp3) is 0.632. The van der Waals surface area contributed by atoms with Crippen LogP contribution in [0.15, 0.2) is 35.9 Å². The number of allylic oxidation sites excluding steroid dienone is 3. The van der Waals surface area contributed by atoms with E-state index in [-0.39, 0.29) is 35.4 Å². The Hall–Kier alpha value is -2.95. The summed E-state index contributed by atoms with van der Waals surface area (Å²) in [6.07, 6.45) is 3.89. The number of benzene rings is 1. The highest BCUT2D eigenvalue weighted by Crippen LogP contribution is 2.49. The zero-order valence-corrected chi connectivity index (χ0v) is 35.1. The van der Waals surface area contributed by atoms with Crippen LogP contribution in [0.25, 0.3) is 0 Å². The first-order chi connectivity index (χ1) is 25.4. The number of nitrogens with zero attached hydrogens (tertiary/aromatic N) is 2. The average Bonchev–Trinajstić information content (AvgIpc) is 3.82. The zero-order valence-electron chi connectivity index (χ0n) is 32.7. The van der Waals surface area contributed by atoms with Gasteiger partial charge in [0.1, 0.15) is 40.7 Å². The second-order valence-electron chi connectivity index (χ2n) is 14.5. The summed E-state index contributed by atoms with van der Waals surface area (Å²) in [5.41, 5.74) is -0.890. The highest BCUT2D eigenvalue weighted by atomic mass is 35.5. The number of alkyl carbamates (subject to hydrolysis) is 1. The molecule has 2 saturated heterocycles. The van der Waals surface area contributed by atoms with Crippen LogP contribution >= 0.6 is 33.2 Å². The van der Waals surface area contributed by atoms with Gasteiger partial charge in [0.2, 0.25) is 11.8 Å². The van der Waals surface area contributed by atoms with Crippen molar-refractivity contribution in [1.82, 2.24) is 10.2 Å². The number of methoxy groups -OCH3 is 2. The third-order valence-electron chi connectivity index (χ3n) is 10.5. The molecular formula is C38H54ClN3O10S2. The van der Waals surface area contributed by atoms with Gasteiger partial charge in [-0.1, -0.05) is 70.8 Å². The highest BCUT2D eigenvalue weighted by Gasteiger charge is 2.64. The Balaban J connectivity index is 1.72. The quantitative estimate of drug-likeness (QED) is 0.169. The Morgan fingerprint density at radius 3 is 2.59 bits per heavy atom. The van der Waals surface area contributed by atoms with Gasteiger partial charge in [0.25, 0.3) is 0 Å². The SMILES string of the molecule is COc1cc2cc(c1Cl)N(C)C(=O)C[C@H](OC(=O)[C@H](C)N(C)C(=O)CC[C@@H](C)SSC)[C@]1(C)O[C@H]1[C@H](C)[C@@H]1C[C@@](O)(NC(=O)O1)[C@H](OC)/C=C/C=C(/C)C2. The second-order valence-corrected chi connectivity index (χ2v) is 17.8. The van der Waals surface area contributed by atoms with Gasteiger partial charge >= 0.3 is 12.1 Å². The molecule has 1 aromatic rings. The van der Waals surface area contributed by atoms with E-state index in [1.165, 1.54) is 24.0 Å². The molecule has 3 amide bonds. The van der Waals surface area contributed by atoms with Crippen LogP contribution in [0.5, 0.6) is 5.75 Å². The molecule has 0 saturated carbocycles. The van der Waals surface area contributed by atoms with Gasteiger partial charge in [-0.3, -0.25) is 14.9 Å². The van der Waals surface area contributed by atoms with E-state index >= 15 is 0 Å². The third-order valence-corrected chi connectivity index (χ3v) is 13.2. The number of nitrogens with one attached hydrogen (secondary N) is 1. The Morgan fingerprint density at radius 1 is 1.24 bits per heavy atom. The van der Waals surface area contributed by atoms with Crippen molar-refractivity contribution in [3.63, 3.8) is 0 Å². The standard InChI is InChI=1S/C38H54ClN3O10S2/c1-21-12-11-13-29(49-9)38(47)20-28(50-36(46)40-38)23(3)34-37(5,52-34)30(51-35(45)24(4)41(6)31(43)15-14-22(2)54-53-10)19-32(44)42(7)26-17-25(16-21)18-27(48-8)33(26)39/h11-13,17-18,22-24,28-30,34,47H,14-16,19-20H2,1-10H3,(H,40,46)/b13-11+,21-12-/t22-,23-,24+,28+,29-,30+,34+,37+,38+/m1/s1. The first kappa shape index (κ1) is 43.8. The van der Waals surface area contributed by atoms with Crippen molar-refractivity contribution in [2.45, 2.75) is 114 Å². The van der Waals surface area contributed by atoms with E-state index in [2.05, 4.69) is 5.32 Å². The minimum Gasteiger partial charge on any atom is -0.495 e. The van der Waals surface area contributed by atoms with Crippen molar-refractivity contribution >= 4 is 62.8 Å². The highest BCUT2D eigenvalue weighted by molar-refractivity contribution is 8.76. The van der Waals surface area contributed by atoms with E-state index in [9.17, 15) is 24.3 Å². The molecule has 300 valence electrons. The van der Waals surface area contributed by atoms with E-state index in [1.807, 2.05) is 33.1 Å². The topological polar surface area (TPSA) is 156 Å². The van der Waals surface area contributed by atoms with Gasteiger partial charge in [-0.05, 0) is 57.6 Å². The van der Waals surface area contributed by atoms with Gasteiger partial charge in [-0.15, -0.1) is 0 Å². The van der Waals surface area contributed by atoms with Crippen molar-refractivity contribution in [2.24, 2.45) is 5.92 Å². The summed E-state index contributed by atoms with van der Waals surface area (Å²) in [6, 6.07) is 2.63. The van der Waals surface area contributed by atoms with Crippen LogP contribution in [-0.4, -0.2) is 115 Å². The number of carbonyl (C=O) groups excluding carboxylic acids is 4. The first-order valence-electron chi connectivity index (χ1n) is 17.9. The van der Waals surface area contributed by atoms with Crippen molar-refractivity contribution in [2.75, 3.05) is 39.5 Å². The smallest absolute Gasteiger partial charge is 0.409 e. The molecule has 0 aromatic heterocycles. The lowest BCUT2D eigenvalue weighted by Crippen LogP contribution is -2.63. The molecule has 0 aliphatic carbocycles. The molecule has 0 unspecified atom stereocenters. The lowest BCUT2D eigenvalue weighted by atomic mass is 9.83. The molecule has 0 spiro atoms. The minimum atomic E-state index is -1.82. The van der Waals surface area contributed by atoms with Crippen LogP contribution in [0.2, 0.25) is 5.02 Å². The number of rotatable bonds is 10. The molecule has 4 bridgehead atoms. The number of aliphatic hydroxyl groups is 1. The summed E-state index contributed by atoms with van der Waals surface area (Å²) in [6.45, 7) is 9.09. The molecule has 3 heterocycles. The molecule has 2 fully saturated rings. The lowest BCUT2D eigenvalue weighted by molar-refractivity contribution is -0.162. The molecule has 54 heavy (non-hydrogen) atoms. The van der Waals surface area contributed by atoms with Crippen LogP contribution < -0.4 is 15.0 Å². The monoisotopic (exact) mass is 811 g/mol. The fourth-order valence-electron chi connectivity index (χ4n) is 6.93. The van der Waals surface area contributed by atoms with E-state index < -0.39 is 65.7 Å². The van der Waals surface area contributed by atoms with Crippen LogP contribution in [0.3, 0.4) is 0 Å². The lowest BCUT2D eigenvalue weighted by Gasteiger charge is -2.42. The van der Waals surface area contributed by atoms with Gasteiger partial charge < -0.3 is 38.6 Å². The Bertz CT molecular complexity index is 1630. The summed E-state index contributed by atoms with van der Waals surface area (Å²) in [5, 5.41) is 14.8. The Morgan fingerprint density at radius 2 is 1.94 bits per heavy atom. The molecule has 4 rings (SSSR count). The summed E-state index contributed by atoms with van der Waals surface area (Å²) < 4.78 is 29.3. The number of ether oxygens (including phenoxy) is 5. The number of likely N-dealkylation sites (N-methyl/N-ethyl adjacent to an activating group) is 1. The molecular weight excluding hydrogens is 758 g/mol. The maximum absolute atomic E-state index is 14.2. The number of hydrogen-bond donors (Lipinski definition) is 2. The normalized spacial score (nSPS) is 31.4. The maximum atomic E-state index is 14.2. The van der Waals surface area contributed by atoms with E-state index in [1.54, 1.807) is 73.8 Å². The first-order valence-corrected chi connectivity index (χ1v) is 20.9. The Labute approximate surface area is 331 Å². The van der Waals surface area contributed by atoms with Gasteiger partial charge in [0, 0.05) is 45.2 Å². The van der Waals surface area contributed by atoms with Crippen molar-refractivity contribution in [3.05, 3.63) is 46.5 Å². The van der Waals surface area contributed by atoms with Crippen molar-refractivity contribution < 1.29 is 48.0 Å². The molecule has 1 aromatic carbocycles. The predicted octanol–water partition coefficient (Wildman–Crippen LogP) is 5.69. The number of halogens is 1. The number of carbonyl (C=O) groups is 4. The second kappa shape index (κ2) is 18.3. The minimum absolute atomic E-state index is 0.0460. The number of epoxide rings is 1. The maximum Gasteiger partial charge on any atom is 0.409 e. The number of hydrogen-bond acceptors (Lipinski definition) is 12. The molecule has 3 aliphatic heterocycles. The van der Waals surface area contributed by atoms with E-state index in [0.29, 0.717) is 24.3 Å². The summed E-state index contributed by atoms with van der Waals surface area (Å²) in [5.74, 6) is -1.48. The van der Waals surface area contributed by atoms with Crippen LogP contribution in [0.4, 0.5) is 10.5 Å². The van der Waals surface area contributed by atoms with Gasteiger partial charge in [0.05, 0.1) is 25.3 Å². The number of esters is 1. The van der Waals surface area contributed by atoms with E-state index in [0.717, 1.165) is 11.1 Å². The largest absolute Gasteiger partial charge is 0.495 e. The number of amides is 3. The van der Waals surface area contributed by atoms with Crippen LogP contribution in [0.1, 0.15) is 65.9 Å².